The maximum Gasteiger partial charge on any atom is 0.305 e. The summed E-state index contributed by atoms with van der Waals surface area (Å²) in [6.45, 7) is 5.80. The van der Waals surface area contributed by atoms with E-state index in [0.717, 1.165) is 0 Å². The zero-order chi connectivity index (χ0) is 13.0. The predicted molar refractivity (Wildman–Crippen MR) is 59.8 cm³/mol. The van der Waals surface area contributed by atoms with Gasteiger partial charge >= 0.3 is 5.97 Å². The molecule has 1 amide bonds. The highest BCUT2D eigenvalue weighted by atomic mass is 16.5. The summed E-state index contributed by atoms with van der Waals surface area (Å²) in [5.41, 5.74) is 0.957. The largest absolute Gasteiger partial charge is 0.481 e. The minimum absolute atomic E-state index is 0.0665. The van der Waals surface area contributed by atoms with Gasteiger partial charge in [-0.15, -0.1) is 0 Å². The van der Waals surface area contributed by atoms with Crippen LogP contribution in [-0.2, 0) is 4.79 Å². The van der Waals surface area contributed by atoms with Gasteiger partial charge in [0.15, 0.2) is 0 Å². The van der Waals surface area contributed by atoms with Crippen LogP contribution in [0.25, 0.3) is 0 Å². The molecule has 0 spiro atoms. The lowest BCUT2D eigenvalue weighted by atomic mass is 10.1. The topological polar surface area (TPSA) is 83.6 Å². The molecule has 1 heterocycles. The van der Waals surface area contributed by atoms with Gasteiger partial charge in [-0.3, -0.25) is 9.59 Å². The SMILES string of the molecule is CCN(CCC(=O)O)C(=O)c1c(C)noc1C. The summed E-state index contributed by atoms with van der Waals surface area (Å²) in [4.78, 5) is 24.1. The van der Waals surface area contributed by atoms with Gasteiger partial charge < -0.3 is 14.5 Å². The summed E-state index contributed by atoms with van der Waals surface area (Å²) < 4.78 is 4.92. The molecule has 0 unspecified atom stereocenters. The summed E-state index contributed by atoms with van der Waals surface area (Å²) >= 11 is 0. The number of hydrogen-bond acceptors (Lipinski definition) is 4. The van der Waals surface area contributed by atoms with Crippen LogP contribution in [0.15, 0.2) is 4.52 Å². The molecular weight excluding hydrogens is 224 g/mol. The lowest BCUT2D eigenvalue weighted by molar-refractivity contribution is -0.137. The molecule has 0 fully saturated rings. The van der Waals surface area contributed by atoms with Crippen LogP contribution in [0.2, 0.25) is 0 Å². The zero-order valence-corrected chi connectivity index (χ0v) is 10.2. The van der Waals surface area contributed by atoms with Gasteiger partial charge in [-0.25, -0.2) is 0 Å². The number of carboxylic acids is 1. The van der Waals surface area contributed by atoms with E-state index in [2.05, 4.69) is 5.16 Å². The number of hydrogen-bond donors (Lipinski definition) is 1. The Balaban J connectivity index is 2.83. The van der Waals surface area contributed by atoms with Gasteiger partial charge in [0, 0.05) is 13.1 Å². The van der Waals surface area contributed by atoms with E-state index in [9.17, 15) is 9.59 Å². The van der Waals surface area contributed by atoms with Crippen molar-refractivity contribution in [3.8, 4) is 0 Å². The molecular formula is C11H16N2O4. The Morgan fingerprint density at radius 2 is 2.06 bits per heavy atom. The minimum atomic E-state index is -0.921. The van der Waals surface area contributed by atoms with Crippen molar-refractivity contribution in [3.63, 3.8) is 0 Å². The van der Waals surface area contributed by atoms with E-state index in [0.29, 0.717) is 23.6 Å². The van der Waals surface area contributed by atoms with Gasteiger partial charge in [0.25, 0.3) is 5.91 Å². The molecule has 17 heavy (non-hydrogen) atoms. The summed E-state index contributed by atoms with van der Waals surface area (Å²) in [5, 5.41) is 12.3. The van der Waals surface area contributed by atoms with Crippen molar-refractivity contribution in [2.24, 2.45) is 0 Å². The molecule has 0 aliphatic carbocycles. The van der Waals surface area contributed by atoms with Crippen LogP contribution >= 0.6 is 0 Å². The quantitative estimate of drug-likeness (QED) is 0.836. The van der Waals surface area contributed by atoms with Gasteiger partial charge in [-0.05, 0) is 20.8 Å². The number of aryl methyl sites for hydroxylation is 2. The first-order valence-corrected chi connectivity index (χ1v) is 5.41. The molecule has 0 aliphatic heterocycles. The van der Waals surface area contributed by atoms with E-state index in [1.165, 1.54) is 4.90 Å². The number of aromatic nitrogens is 1. The van der Waals surface area contributed by atoms with Gasteiger partial charge in [-0.1, -0.05) is 5.16 Å². The van der Waals surface area contributed by atoms with Crippen molar-refractivity contribution < 1.29 is 19.2 Å². The molecule has 0 aromatic carbocycles. The molecule has 0 radical (unpaired) electrons. The van der Waals surface area contributed by atoms with Crippen LogP contribution in [0, 0.1) is 13.8 Å². The first-order valence-electron chi connectivity index (χ1n) is 5.41. The Labute approximate surface area is 99.2 Å². The average Bonchev–Trinajstić information content (AvgIpc) is 2.58. The molecule has 0 atom stereocenters. The van der Waals surface area contributed by atoms with Crippen molar-refractivity contribution in [2.45, 2.75) is 27.2 Å². The van der Waals surface area contributed by atoms with E-state index in [4.69, 9.17) is 9.63 Å². The summed E-state index contributed by atoms with van der Waals surface area (Å²) in [5.74, 6) is -0.693. The highest BCUT2D eigenvalue weighted by Gasteiger charge is 2.22. The lowest BCUT2D eigenvalue weighted by Gasteiger charge is -2.19. The Morgan fingerprint density at radius 1 is 1.41 bits per heavy atom. The van der Waals surface area contributed by atoms with E-state index < -0.39 is 5.97 Å². The molecule has 0 saturated heterocycles. The molecule has 1 rings (SSSR count). The van der Waals surface area contributed by atoms with Crippen molar-refractivity contribution >= 4 is 11.9 Å². The zero-order valence-electron chi connectivity index (χ0n) is 10.2. The first kappa shape index (κ1) is 13.2. The number of carbonyl (C=O) groups excluding carboxylic acids is 1. The van der Waals surface area contributed by atoms with Gasteiger partial charge in [0.05, 0.1) is 12.1 Å². The fraction of sp³-hybridized carbons (Fsp3) is 0.545. The van der Waals surface area contributed by atoms with Crippen LogP contribution in [0.1, 0.15) is 35.2 Å². The van der Waals surface area contributed by atoms with Crippen molar-refractivity contribution in [1.29, 1.82) is 0 Å². The maximum absolute atomic E-state index is 12.1. The monoisotopic (exact) mass is 240 g/mol. The lowest BCUT2D eigenvalue weighted by Crippen LogP contribution is -2.33. The second-order valence-corrected chi connectivity index (χ2v) is 3.73. The van der Waals surface area contributed by atoms with Crippen molar-refractivity contribution in [2.75, 3.05) is 13.1 Å². The van der Waals surface area contributed by atoms with E-state index in [1.54, 1.807) is 20.8 Å². The molecule has 1 aromatic heterocycles. The number of amides is 1. The third-order valence-corrected chi connectivity index (χ3v) is 2.51. The predicted octanol–water partition coefficient (Wildman–Crippen LogP) is 1.23. The molecule has 94 valence electrons. The van der Waals surface area contributed by atoms with Crippen LogP contribution in [0.3, 0.4) is 0 Å². The highest BCUT2D eigenvalue weighted by Crippen LogP contribution is 2.15. The van der Waals surface area contributed by atoms with Crippen LogP contribution in [0.4, 0.5) is 0 Å². The normalized spacial score (nSPS) is 10.3. The smallest absolute Gasteiger partial charge is 0.305 e. The molecule has 0 aliphatic rings. The second-order valence-electron chi connectivity index (χ2n) is 3.73. The molecule has 1 aromatic rings. The Hall–Kier alpha value is -1.85. The van der Waals surface area contributed by atoms with Crippen LogP contribution in [-0.4, -0.2) is 40.1 Å². The van der Waals surface area contributed by atoms with E-state index >= 15 is 0 Å². The van der Waals surface area contributed by atoms with Crippen molar-refractivity contribution in [1.82, 2.24) is 10.1 Å². The molecule has 6 heteroatoms. The fourth-order valence-corrected chi connectivity index (χ4v) is 1.58. The summed E-state index contributed by atoms with van der Waals surface area (Å²) in [6.07, 6.45) is -0.0665. The molecule has 6 nitrogen and oxygen atoms in total. The molecule has 0 saturated carbocycles. The Morgan fingerprint density at radius 3 is 2.47 bits per heavy atom. The average molecular weight is 240 g/mol. The Kier molecular flexibility index (Phi) is 4.25. The minimum Gasteiger partial charge on any atom is -0.481 e. The number of carbonyl (C=O) groups is 2. The molecule has 1 N–H and O–H groups in total. The van der Waals surface area contributed by atoms with Gasteiger partial charge in [0.2, 0.25) is 0 Å². The number of nitrogens with zero attached hydrogens (tertiary/aromatic N) is 2. The number of aliphatic carboxylic acids is 1. The van der Waals surface area contributed by atoms with Gasteiger partial charge in [0.1, 0.15) is 11.3 Å². The van der Waals surface area contributed by atoms with Crippen molar-refractivity contribution in [3.05, 3.63) is 17.0 Å². The number of rotatable bonds is 5. The number of carboxylic acid groups (broad SMARTS) is 1. The van der Waals surface area contributed by atoms with E-state index in [-0.39, 0.29) is 18.9 Å². The van der Waals surface area contributed by atoms with Crippen LogP contribution < -0.4 is 0 Å². The summed E-state index contributed by atoms with van der Waals surface area (Å²) in [6, 6.07) is 0. The standard InChI is InChI=1S/C11H16N2O4/c1-4-13(6-5-9(14)15)11(16)10-7(2)12-17-8(10)3/h4-6H2,1-3H3,(H,14,15). The molecule has 0 bridgehead atoms. The fourth-order valence-electron chi connectivity index (χ4n) is 1.58. The Bertz CT molecular complexity index is 406. The van der Waals surface area contributed by atoms with Gasteiger partial charge in [-0.2, -0.15) is 0 Å². The third kappa shape index (κ3) is 3.05. The van der Waals surface area contributed by atoms with Crippen LogP contribution in [0.5, 0.6) is 0 Å². The second kappa shape index (κ2) is 5.47. The first-order chi connectivity index (χ1) is 7.97. The van der Waals surface area contributed by atoms with E-state index in [1.807, 2.05) is 0 Å². The highest BCUT2D eigenvalue weighted by molar-refractivity contribution is 5.96. The summed E-state index contributed by atoms with van der Waals surface area (Å²) in [7, 11) is 0. The maximum atomic E-state index is 12.1. The third-order valence-electron chi connectivity index (χ3n) is 2.51.